The Balaban J connectivity index is 2.00. The van der Waals surface area contributed by atoms with Gasteiger partial charge in [-0.2, -0.15) is 0 Å². The van der Waals surface area contributed by atoms with Crippen molar-refractivity contribution in [2.45, 2.75) is 33.1 Å². The van der Waals surface area contributed by atoms with Gasteiger partial charge in [-0.3, -0.25) is 9.59 Å². The fraction of sp³-hybridized carbons (Fsp3) is 0.556. The molecule has 1 aromatic rings. The molecule has 3 N–H and O–H groups in total. The van der Waals surface area contributed by atoms with Crippen molar-refractivity contribution in [1.29, 1.82) is 0 Å². The molecule has 2 atom stereocenters. The van der Waals surface area contributed by atoms with Crippen molar-refractivity contribution in [3.05, 3.63) is 29.3 Å². The monoisotopic (exact) mass is 317 g/mol. The van der Waals surface area contributed by atoms with Gasteiger partial charge in [-0.15, -0.1) is 0 Å². The molecule has 1 saturated heterocycles. The van der Waals surface area contributed by atoms with Gasteiger partial charge >= 0.3 is 0 Å². The summed E-state index contributed by atoms with van der Waals surface area (Å²) in [5, 5.41) is 8.91. The van der Waals surface area contributed by atoms with Crippen LogP contribution in [0.15, 0.2) is 18.2 Å². The summed E-state index contributed by atoms with van der Waals surface area (Å²) in [6, 6.07) is 5.49. The van der Waals surface area contributed by atoms with Crippen LogP contribution >= 0.6 is 0 Å². The fourth-order valence-corrected chi connectivity index (χ4v) is 3.11. The molecule has 0 saturated carbocycles. The first-order chi connectivity index (χ1) is 11.0. The fourth-order valence-electron chi connectivity index (χ4n) is 3.11. The maximum atomic E-state index is 12.4. The van der Waals surface area contributed by atoms with Crippen LogP contribution in [0, 0.1) is 18.8 Å². The molecule has 1 aromatic carbocycles. The first kappa shape index (κ1) is 17.5. The molecule has 1 aliphatic rings. The van der Waals surface area contributed by atoms with Crippen molar-refractivity contribution in [3.8, 4) is 0 Å². The molecule has 5 nitrogen and oxygen atoms in total. The van der Waals surface area contributed by atoms with Crippen LogP contribution in [0.1, 0.15) is 42.1 Å². The molecule has 2 unspecified atom stereocenters. The van der Waals surface area contributed by atoms with Gasteiger partial charge in [0.15, 0.2) is 0 Å². The zero-order valence-electron chi connectivity index (χ0n) is 14.2. The highest BCUT2D eigenvalue weighted by atomic mass is 16.2. The van der Waals surface area contributed by atoms with E-state index in [9.17, 15) is 9.59 Å². The maximum absolute atomic E-state index is 12.4. The number of carbonyl (C=O) groups excluding carboxylic acids is 2. The normalized spacial score (nSPS) is 19.0. The second kappa shape index (κ2) is 8.11. The van der Waals surface area contributed by atoms with Gasteiger partial charge in [-0.25, -0.2) is 0 Å². The Bertz CT molecular complexity index is 565. The molecule has 23 heavy (non-hydrogen) atoms. The lowest BCUT2D eigenvalue weighted by molar-refractivity contribution is -0.117. The summed E-state index contributed by atoms with van der Waals surface area (Å²) in [6.45, 7) is 6.12. The second-order valence-electron chi connectivity index (χ2n) is 6.46. The van der Waals surface area contributed by atoms with Crippen molar-refractivity contribution < 1.29 is 9.59 Å². The lowest BCUT2D eigenvalue weighted by Gasteiger charge is -2.28. The van der Waals surface area contributed by atoms with E-state index < -0.39 is 0 Å². The minimum atomic E-state index is -0.187. The second-order valence-corrected chi connectivity index (χ2v) is 6.46. The van der Waals surface area contributed by atoms with Crippen LogP contribution in [0.3, 0.4) is 0 Å². The van der Waals surface area contributed by atoms with Crippen LogP contribution < -0.4 is 16.0 Å². The van der Waals surface area contributed by atoms with Gasteiger partial charge in [0.25, 0.3) is 5.91 Å². The standard InChI is InChI=1S/C18H27N3O2/c1-12-6-7-16(15(9-12)18(23)19-3)21-17(22)10-13(2)14-5-4-8-20-11-14/h6-7,9,13-14,20H,4-5,8,10-11H2,1-3H3,(H,19,23)(H,21,22). The molecule has 2 rings (SSSR count). The van der Waals surface area contributed by atoms with Crippen molar-refractivity contribution in [2.24, 2.45) is 11.8 Å². The molecule has 0 spiro atoms. The van der Waals surface area contributed by atoms with Gasteiger partial charge in [0.05, 0.1) is 11.3 Å². The van der Waals surface area contributed by atoms with Crippen molar-refractivity contribution in [3.63, 3.8) is 0 Å². The van der Waals surface area contributed by atoms with Gasteiger partial charge in [0.2, 0.25) is 5.91 Å². The van der Waals surface area contributed by atoms with Crippen LogP contribution in [0.5, 0.6) is 0 Å². The summed E-state index contributed by atoms with van der Waals surface area (Å²) in [7, 11) is 1.59. The highest BCUT2D eigenvalue weighted by Crippen LogP contribution is 2.24. The summed E-state index contributed by atoms with van der Waals surface area (Å²) in [5.74, 6) is 0.660. The number of piperidine rings is 1. The predicted octanol–water partition coefficient (Wildman–Crippen LogP) is 2.32. The van der Waals surface area contributed by atoms with E-state index in [1.807, 2.05) is 13.0 Å². The molecule has 0 aromatic heterocycles. The summed E-state index contributed by atoms with van der Waals surface area (Å²) in [6.07, 6.45) is 2.83. The Morgan fingerprint density at radius 3 is 2.83 bits per heavy atom. The summed E-state index contributed by atoms with van der Waals surface area (Å²) in [4.78, 5) is 24.3. The molecule has 2 amide bonds. The molecule has 126 valence electrons. The first-order valence-corrected chi connectivity index (χ1v) is 8.34. The first-order valence-electron chi connectivity index (χ1n) is 8.34. The lowest BCUT2D eigenvalue weighted by atomic mass is 9.85. The Morgan fingerprint density at radius 2 is 2.17 bits per heavy atom. The summed E-state index contributed by atoms with van der Waals surface area (Å²) in [5.41, 5.74) is 2.07. The third kappa shape index (κ3) is 4.79. The lowest BCUT2D eigenvalue weighted by Crippen LogP contribution is -2.34. The van der Waals surface area contributed by atoms with Crippen molar-refractivity contribution >= 4 is 17.5 Å². The molecule has 1 fully saturated rings. The minimum absolute atomic E-state index is 0.0305. The van der Waals surface area contributed by atoms with Gasteiger partial charge in [0.1, 0.15) is 0 Å². The molecule has 1 heterocycles. The van der Waals surface area contributed by atoms with Crippen molar-refractivity contribution in [1.82, 2.24) is 10.6 Å². The van der Waals surface area contributed by atoms with Crippen LogP contribution in [-0.4, -0.2) is 32.0 Å². The summed E-state index contributed by atoms with van der Waals surface area (Å²) < 4.78 is 0. The van der Waals surface area contributed by atoms with Gasteiger partial charge in [0, 0.05) is 13.5 Å². The number of benzene rings is 1. The Morgan fingerprint density at radius 1 is 1.39 bits per heavy atom. The molecule has 0 bridgehead atoms. The average molecular weight is 317 g/mol. The Hall–Kier alpha value is -1.88. The third-order valence-corrected chi connectivity index (χ3v) is 4.57. The number of rotatable bonds is 5. The zero-order valence-corrected chi connectivity index (χ0v) is 14.2. The van der Waals surface area contributed by atoms with E-state index in [2.05, 4.69) is 22.9 Å². The van der Waals surface area contributed by atoms with Crippen LogP contribution in [0.25, 0.3) is 0 Å². The molecular formula is C18H27N3O2. The minimum Gasteiger partial charge on any atom is -0.355 e. The number of hydrogen-bond acceptors (Lipinski definition) is 3. The van der Waals surface area contributed by atoms with Crippen LogP contribution in [0.4, 0.5) is 5.69 Å². The van der Waals surface area contributed by atoms with E-state index in [4.69, 9.17) is 0 Å². The zero-order chi connectivity index (χ0) is 16.8. The molecule has 5 heteroatoms. The molecule has 1 aliphatic heterocycles. The Labute approximate surface area is 138 Å². The van der Waals surface area contributed by atoms with E-state index in [-0.39, 0.29) is 11.8 Å². The van der Waals surface area contributed by atoms with E-state index in [1.54, 1.807) is 19.2 Å². The number of aryl methyl sites for hydroxylation is 1. The topological polar surface area (TPSA) is 70.2 Å². The van der Waals surface area contributed by atoms with Crippen molar-refractivity contribution in [2.75, 3.05) is 25.5 Å². The number of carbonyl (C=O) groups is 2. The van der Waals surface area contributed by atoms with Crippen LogP contribution in [-0.2, 0) is 4.79 Å². The van der Waals surface area contributed by atoms with E-state index >= 15 is 0 Å². The van der Waals surface area contributed by atoms with Gasteiger partial charge in [-0.05, 0) is 56.8 Å². The number of amides is 2. The van der Waals surface area contributed by atoms with Crippen LogP contribution in [0.2, 0.25) is 0 Å². The SMILES string of the molecule is CNC(=O)c1cc(C)ccc1NC(=O)CC(C)C1CCCNC1. The molecule has 0 aliphatic carbocycles. The predicted molar refractivity (Wildman–Crippen MR) is 92.6 cm³/mol. The van der Waals surface area contributed by atoms with E-state index in [0.717, 1.165) is 18.7 Å². The quantitative estimate of drug-likeness (QED) is 0.780. The third-order valence-electron chi connectivity index (χ3n) is 4.57. The molecular weight excluding hydrogens is 290 g/mol. The van der Waals surface area contributed by atoms with Gasteiger partial charge in [-0.1, -0.05) is 18.6 Å². The smallest absolute Gasteiger partial charge is 0.253 e. The summed E-state index contributed by atoms with van der Waals surface area (Å²) >= 11 is 0. The highest BCUT2D eigenvalue weighted by molar-refractivity contribution is 6.03. The largest absolute Gasteiger partial charge is 0.355 e. The average Bonchev–Trinajstić information content (AvgIpc) is 2.56. The van der Waals surface area contributed by atoms with Gasteiger partial charge < -0.3 is 16.0 Å². The van der Waals surface area contributed by atoms with E-state index in [0.29, 0.717) is 29.5 Å². The number of anilines is 1. The number of hydrogen-bond donors (Lipinski definition) is 3. The Kier molecular flexibility index (Phi) is 6.16. The molecule has 0 radical (unpaired) electrons. The maximum Gasteiger partial charge on any atom is 0.253 e. The highest BCUT2D eigenvalue weighted by Gasteiger charge is 2.22. The number of nitrogens with one attached hydrogen (secondary N) is 3. The van der Waals surface area contributed by atoms with E-state index in [1.165, 1.54) is 12.8 Å².